The SMILES string of the molecule is CCOC(=O)C1CC(c2c(F)csc2Cl)CC1COc1ccc(F)cc1. The van der Waals surface area contributed by atoms with Gasteiger partial charge < -0.3 is 9.47 Å². The summed E-state index contributed by atoms with van der Waals surface area (Å²) in [5.74, 6) is -1.09. The molecule has 1 aromatic heterocycles. The van der Waals surface area contributed by atoms with Crippen molar-refractivity contribution in [3.05, 3.63) is 51.2 Å². The van der Waals surface area contributed by atoms with Crippen LogP contribution in [-0.2, 0) is 9.53 Å². The van der Waals surface area contributed by atoms with Gasteiger partial charge in [-0.2, -0.15) is 0 Å². The Kier molecular flexibility index (Phi) is 6.14. The fourth-order valence-electron chi connectivity index (χ4n) is 3.50. The van der Waals surface area contributed by atoms with Gasteiger partial charge >= 0.3 is 5.97 Å². The average molecular weight is 401 g/mol. The van der Waals surface area contributed by atoms with E-state index in [1.54, 1.807) is 6.92 Å². The molecule has 140 valence electrons. The molecule has 3 nitrogen and oxygen atoms in total. The zero-order chi connectivity index (χ0) is 18.7. The first-order valence-electron chi connectivity index (χ1n) is 8.47. The Balaban J connectivity index is 1.74. The van der Waals surface area contributed by atoms with Gasteiger partial charge in [0.25, 0.3) is 0 Å². The van der Waals surface area contributed by atoms with Crippen LogP contribution in [0.5, 0.6) is 5.75 Å². The smallest absolute Gasteiger partial charge is 0.309 e. The minimum Gasteiger partial charge on any atom is -0.493 e. The molecule has 0 amide bonds. The van der Waals surface area contributed by atoms with Crippen LogP contribution in [0.25, 0.3) is 0 Å². The van der Waals surface area contributed by atoms with Gasteiger partial charge in [0, 0.05) is 16.9 Å². The first kappa shape index (κ1) is 19.1. The summed E-state index contributed by atoms with van der Waals surface area (Å²) in [6.07, 6.45) is 1.06. The molecule has 0 radical (unpaired) electrons. The number of hydrogen-bond acceptors (Lipinski definition) is 4. The predicted molar refractivity (Wildman–Crippen MR) is 96.8 cm³/mol. The highest BCUT2D eigenvalue weighted by molar-refractivity contribution is 7.14. The topological polar surface area (TPSA) is 35.5 Å². The second kappa shape index (κ2) is 8.35. The van der Waals surface area contributed by atoms with E-state index >= 15 is 0 Å². The van der Waals surface area contributed by atoms with Gasteiger partial charge in [-0.1, -0.05) is 11.6 Å². The Morgan fingerprint density at radius 3 is 2.62 bits per heavy atom. The van der Waals surface area contributed by atoms with Crippen molar-refractivity contribution in [3.8, 4) is 5.75 Å². The summed E-state index contributed by atoms with van der Waals surface area (Å²) >= 11 is 7.30. The van der Waals surface area contributed by atoms with Gasteiger partial charge in [-0.05, 0) is 49.9 Å². The summed E-state index contributed by atoms with van der Waals surface area (Å²) in [5, 5.41) is 1.39. The molecule has 3 atom stereocenters. The van der Waals surface area contributed by atoms with E-state index in [1.165, 1.54) is 29.6 Å². The van der Waals surface area contributed by atoms with Crippen molar-refractivity contribution in [1.29, 1.82) is 0 Å². The Morgan fingerprint density at radius 1 is 1.27 bits per heavy atom. The minimum absolute atomic E-state index is 0.125. The van der Waals surface area contributed by atoms with E-state index < -0.39 is 0 Å². The van der Waals surface area contributed by atoms with Gasteiger partial charge in [0.1, 0.15) is 17.4 Å². The summed E-state index contributed by atoms with van der Waals surface area (Å²) in [4.78, 5) is 12.3. The fourth-order valence-corrected chi connectivity index (χ4v) is 4.60. The van der Waals surface area contributed by atoms with E-state index in [-0.39, 0.29) is 42.0 Å². The van der Waals surface area contributed by atoms with Crippen molar-refractivity contribution in [3.63, 3.8) is 0 Å². The Labute approximate surface area is 159 Å². The van der Waals surface area contributed by atoms with E-state index in [0.29, 0.717) is 35.1 Å². The van der Waals surface area contributed by atoms with Crippen LogP contribution in [0.1, 0.15) is 31.2 Å². The van der Waals surface area contributed by atoms with Crippen LogP contribution in [0.2, 0.25) is 4.34 Å². The lowest BCUT2D eigenvalue weighted by atomic mass is 9.97. The molecular weight excluding hydrogens is 382 g/mol. The highest BCUT2D eigenvalue weighted by atomic mass is 35.5. The van der Waals surface area contributed by atoms with Gasteiger partial charge in [-0.25, -0.2) is 8.78 Å². The Hall–Kier alpha value is -1.66. The molecule has 0 spiro atoms. The maximum Gasteiger partial charge on any atom is 0.309 e. The lowest BCUT2D eigenvalue weighted by molar-refractivity contribution is -0.149. The van der Waals surface area contributed by atoms with Crippen LogP contribution in [-0.4, -0.2) is 19.2 Å². The van der Waals surface area contributed by atoms with E-state index in [2.05, 4.69) is 0 Å². The lowest BCUT2D eigenvalue weighted by Crippen LogP contribution is -2.25. The molecule has 1 aliphatic rings. The first-order chi connectivity index (χ1) is 12.5. The Bertz CT molecular complexity index is 743. The first-order valence-corrected chi connectivity index (χ1v) is 9.72. The Morgan fingerprint density at radius 2 is 2.00 bits per heavy atom. The summed E-state index contributed by atoms with van der Waals surface area (Å²) in [7, 11) is 0. The molecule has 2 aromatic rings. The van der Waals surface area contributed by atoms with Crippen LogP contribution < -0.4 is 4.74 Å². The highest BCUT2D eigenvalue weighted by Crippen LogP contribution is 2.47. The molecule has 1 heterocycles. The minimum atomic E-state index is -0.379. The van der Waals surface area contributed by atoms with Gasteiger partial charge in [0.2, 0.25) is 0 Å². The molecule has 3 unspecified atom stereocenters. The number of esters is 1. The van der Waals surface area contributed by atoms with Crippen LogP contribution in [0.15, 0.2) is 29.6 Å². The number of halogens is 3. The fraction of sp³-hybridized carbons (Fsp3) is 0.421. The van der Waals surface area contributed by atoms with Crippen molar-refractivity contribution in [2.24, 2.45) is 11.8 Å². The number of rotatable bonds is 6. The predicted octanol–water partition coefficient (Wildman–Crippen LogP) is 5.43. The molecule has 1 fully saturated rings. The van der Waals surface area contributed by atoms with Crippen molar-refractivity contribution >= 4 is 28.9 Å². The second-order valence-electron chi connectivity index (χ2n) is 6.32. The largest absolute Gasteiger partial charge is 0.493 e. The summed E-state index contributed by atoms with van der Waals surface area (Å²) in [6.45, 7) is 2.32. The molecule has 1 saturated carbocycles. The van der Waals surface area contributed by atoms with Crippen molar-refractivity contribution in [2.75, 3.05) is 13.2 Å². The number of carbonyl (C=O) groups is 1. The summed E-state index contributed by atoms with van der Waals surface area (Å²) in [5.41, 5.74) is 0.482. The van der Waals surface area contributed by atoms with Gasteiger partial charge in [0.05, 0.1) is 23.5 Å². The normalized spacial score (nSPS) is 22.4. The molecule has 0 bridgehead atoms. The number of ether oxygens (including phenoxy) is 2. The number of benzene rings is 1. The van der Waals surface area contributed by atoms with Crippen LogP contribution in [0.4, 0.5) is 8.78 Å². The molecule has 26 heavy (non-hydrogen) atoms. The number of hydrogen-bond donors (Lipinski definition) is 0. The van der Waals surface area contributed by atoms with Gasteiger partial charge in [-0.15, -0.1) is 11.3 Å². The van der Waals surface area contributed by atoms with E-state index in [4.69, 9.17) is 21.1 Å². The number of carbonyl (C=O) groups excluding carboxylic acids is 1. The van der Waals surface area contributed by atoms with Crippen LogP contribution in [0, 0.1) is 23.5 Å². The monoisotopic (exact) mass is 400 g/mol. The highest BCUT2D eigenvalue weighted by Gasteiger charge is 2.42. The molecule has 0 aliphatic heterocycles. The maximum atomic E-state index is 14.1. The second-order valence-corrected chi connectivity index (χ2v) is 7.80. The summed E-state index contributed by atoms with van der Waals surface area (Å²) < 4.78 is 38.4. The van der Waals surface area contributed by atoms with Crippen molar-refractivity contribution in [1.82, 2.24) is 0 Å². The standard InChI is InChI=1S/C19H19ClF2O3S/c1-2-24-19(23)15-8-11(17-16(22)10-26-18(17)20)7-12(15)9-25-14-5-3-13(21)4-6-14/h3-6,10-12,15H,2,7-9H2,1H3. The van der Waals surface area contributed by atoms with Crippen LogP contribution >= 0.6 is 22.9 Å². The quantitative estimate of drug-likeness (QED) is 0.606. The zero-order valence-corrected chi connectivity index (χ0v) is 15.8. The summed E-state index contributed by atoms with van der Waals surface area (Å²) in [6, 6.07) is 5.71. The van der Waals surface area contributed by atoms with E-state index in [1.807, 2.05) is 0 Å². The van der Waals surface area contributed by atoms with Crippen LogP contribution in [0.3, 0.4) is 0 Å². The molecule has 7 heteroatoms. The third-order valence-electron chi connectivity index (χ3n) is 4.70. The third kappa shape index (κ3) is 4.18. The van der Waals surface area contributed by atoms with Gasteiger partial charge in [-0.3, -0.25) is 4.79 Å². The third-order valence-corrected chi connectivity index (χ3v) is 5.93. The lowest BCUT2D eigenvalue weighted by Gasteiger charge is -2.18. The van der Waals surface area contributed by atoms with E-state index in [9.17, 15) is 13.6 Å². The maximum absolute atomic E-state index is 14.1. The average Bonchev–Trinajstić information content (AvgIpc) is 3.17. The van der Waals surface area contributed by atoms with E-state index in [0.717, 1.165) is 11.3 Å². The molecule has 1 aromatic carbocycles. The van der Waals surface area contributed by atoms with Crippen molar-refractivity contribution in [2.45, 2.75) is 25.7 Å². The molecular formula is C19H19ClF2O3S. The molecule has 1 aliphatic carbocycles. The zero-order valence-electron chi connectivity index (χ0n) is 14.2. The molecule has 3 rings (SSSR count). The molecule has 0 saturated heterocycles. The number of thiophene rings is 1. The molecule has 0 N–H and O–H groups in total. The van der Waals surface area contributed by atoms with Crippen molar-refractivity contribution < 1.29 is 23.0 Å². The van der Waals surface area contributed by atoms with Gasteiger partial charge in [0.15, 0.2) is 0 Å².